The Labute approximate surface area is 121 Å². The highest BCUT2D eigenvalue weighted by Crippen LogP contribution is 2.28. The molecule has 2 rings (SSSR count). The van der Waals surface area contributed by atoms with Crippen LogP contribution in [-0.2, 0) is 16.4 Å². The van der Waals surface area contributed by atoms with Crippen molar-refractivity contribution in [1.29, 1.82) is 0 Å². The summed E-state index contributed by atoms with van der Waals surface area (Å²) in [6.45, 7) is 0. The van der Waals surface area contributed by atoms with Crippen molar-refractivity contribution in [2.75, 3.05) is 5.73 Å². The van der Waals surface area contributed by atoms with Gasteiger partial charge in [-0.1, -0.05) is 38.2 Å². The Kier molecular flexibility index (Phi) is 5.64. The highest BCUT2D eigenvalue weighted by Gasteiger charge is 2.16. The van der Waals surface area contributed by atoms with Crippen LogP contribution in [-0.4, -0.2) is 8.42 Å². The van der Waals surface area contributed by atoms with E-state index < -0.39 is 10.0 Å². The summed E-state index contributed by atoms with van der Waals surface area (Å²) in [6, 6.07) is 5.09. The maximum atomic E-state index is 11.3. The topological polar surface area (TPSA) is 86.2 Å². The van der Waals surface area contributed by atoms with Gasteiger partial charge < -0.3 is 5.73 Å². The third kappa shape index (κ3) is 4.37. The normalized spacial score (nSPS) is 16.9. The van der Waals surface area contributed by atoms with Crippen molar-refractivity contribution >= 4 is 28.1 Å². The van der Waals surface area contributed by atoms with E-state index in [0.717, 1.165) is 12.0 Å². The Bertz CT molecular complexity index is 525. The average molecular weight is 305 g/mol. The van der Waals surface area contributed by atoms with Gasteiger partial charge in [-0.25, -0.2) is 13.6 Å². The molecule has 0 spiro atoms. The maximum Gasteiger partial charge on any atom is 0.240 e. The molecule has 1 aromatic rings. The fourth-order valence-corrected chi connectivity index (χ4v) is 3.35. The van der Waals surface area contributed by atoms with Gasteiger partial charge in [0.25, 0.3) is 0 Å². The molecule has 0 heterocycles. The monoisotopic (exact) mass is 304 g/mol. The zero-order chi connectivity index (χ0) is 13.2. The molecule has 1 aromatic carbocycles. The second kappa shape index (κ2) is 6.59. The average Bonchev–Trinajstić information content (AvgIpc) is 2.28. The molecular formula is C13H21ClN2O2S. The van der Waals surface area contributed by atoms with Crippen LogP contribution in [0.2, 0.25) is 0 Å². The summed E-state index contributed by atoms with van der Waals surface area (Å²) in [5.74, 6) is 0.707. The van der Waals surface area contributed by atoms with Crippen molar-refractivity contribution in [3.63, 3.8) is 0 Å². The lowest BCUT2D eigenvalue weighted by Gasteiger charge is -2.21. The van der Waals surface area contributed by atoms with E-state index in [1.165, 1.54) is 38.2 Å². The largest absolute Gasteiger partial charge is 0.398 e. The molecule has 4 nitrogen and oxygen atoms in total. The van der Waals surface area contributed by atoms with Crippen molar-refractivity contribution in [2.45, 2.75) is 43.4 Å². The molecule has 0 amide bonds. The van der Waals surface area contributed by atoms with E-state index in [2.05, 4.69) is 0 Å². The van der Waals surface area contributed by atoms with E-state index >= 15 is 0 Å². The minimum absolute atomic E-state index is 0. The lowest BCUT2D eigenvalue weighted by Crippen LogP contribution is -2.15. The van der Waals surface area contributed by atoms with Crippen LogP contribution >= 0.6 is 12.4 Å². The zero-order valence-electron chi connectivity index (χ0n) is 10.8. The van der Waals surface area contributed by atoms with Crippen molar-refractivity contribution < 1.29 is 8.42 Å². The summed E-state index contributed by atoms with van der Waals surface area (Å²) in [4.78, 5) is 0.0231. The number of nitrogen functional groups attached to an aromatic ring is 1. The number of hydrogen-bond donors (Lipinski definition) is 2. The first kappa shape index (κ1) is 16.3. The molecule has 1 aliphatic rings. The summed E-state index contributed by atoms with van der Waals surface area (Å²) in [7, 11) is -3.71. The molecule has 6 heteroatoms. The van der Waals surface area contributed by atoms with Gasteiger partial charge in [-0.3, -0.25) is 0 Å². The van der Waals surface area contributed by atoms with Gasteiger partial charge >= 0.3 is 0 Å². The first-order valence-electron chi connectivity index (χ1n) is 6.38. The van der Waals surface area contributed by atoms with Gasteiger partial charge in [0.15, 0.2) is 0 Å². The van der Waals surface area contributed by atoms with Gasteiger partial charge in [0, 0.05) is 0 Å². The molecular weight excluding hydrogens is 284 g/mol. The number of primary sulfonamides is 1. The third-order valence-electron chi connectivity index (χ3n) is 3.63. The zero-order valence-corrected chi connectivity index (χ0v) is 12.5. The van der Waals surface area contributed by atoms with Crippen LogP contribution in [0.5, 0.6) is 0 Å². The van der Waals surface area contributed by atoms with Gasteiger partial charge in [0.05, 0.1) is 5.69 Å². The minimum atomic E-state index is -3.71. The first-order valence-corrected chi connectivity index (χ1v) is 7.92. The number of nitrogens with two attached hydrogens (primary N) is 2. The lowest BCUT2D eigenvalue weighted by molar-refractivity contribution is 0.356. The van der Waals surface area contributed by atoms with Crippen LogP contribution in [0, 0.1) is 5.92 Å². The van der Waals surface area contributed by atoms with Crippen LogP contribution in [0.1, 0.15) is 37.7 Å². The first-order chi connectivity index (χ1) is 8.47. The Morgan fingerprint density at radius 2 is 1.79 bits per heavy atom. The standard InChI is InChI=1S/C13H20N2O2S.ClH/c14-12-9-11(6-7-13(12)18(15,16)17)8-10-4-2-1-3-5-10;/h6-7,9-10H,1-5,8,14H2,(H2,15,16,17);1H. The molecule has 108 valence electrons. The number of halogens is 1. The molecule has 0 unspecified atom stereocenters. The van der Waals surface area contributed by atoms with Crippen LogP contribution < -0.4 is 10.9 Å². The molecule has 4 N–H and O–H groups in total. The van der Waals surface area contributed by atoms with Gasteiger partial charge in [-0.05, 0) is 30.0 Å². The van der Waals surface area contributed by atoms with Gasteiger partial charge in [0.2, 0.25) is 10.0 Å². The van der Waals surface area contributed by atoms with E-state index in [9.17, 15) is 8.42 Å². The van der Waals surface area contributed by atoms with Crippen molar-refractivity contribution in [3.8, 4) is 0 Å². The number of anilines is 1. The summed E-state index contributed by atoms with van der Waals surface area (Å²) in [5, 5.41) is 5.08. The summed E-state index contributed by atoms with van der Waals surface area (Å²) in [5.41, 5.74) is 7.11. The molecule has 1 fully saturated rings. The van der Waals surface area contributed by atoms with Crippen LogP contribution in [0.15, 0.2) is 23.1 Å². The van der Waals surface area contributed by atoms with Crippen LogP contribution in [0.3, 0.4) is 0 Å². The molecule has 19 heavy (non-hydrogen) atoms. The second-order valence-corrected chi connectivity index (χ2v) is 6.66. The molecule has 0 aliphatic heterocycles. The van der Waals surface area contributed by atoms with E-state index in [1.54, 1.807) is 6.07 Å². The van der Waals surface area contributed by atoms with Gasteiger partial charge in [0.1, 0.15) is 4.90 Å². The van der Waals surface area contributed by atoms with E-state index in [4.69, 9.17) is 10.9 Å². The Hall–Kier alpha value is -0.780. The predicted molar refractivity (Wildman–Crippen MR) is 79.8 cm³/mol. The predicted octanol–water partition coefficient (Wildman–Crippen LogP) is 2.46. The molecule has 0 radical (unpaired) electrons. The quantitative estimate of drug-likeness (QED) is 0.841. The fourth-order valence-electron chi connectivity index (χ4n) is 2.71. The van der Waals surface area contributed by atoms with Gasteiger partial charge in [-0.15, -0.1) is 12.4 Å². The number of benzene rings is 1. The molecule has 0 atom stereocenters. The molecule has 1 saturated carbocycles. The number of hydrogen-bond acceptors (Lipinski definition) is 3. The lowest BCUT2D eigenvalue weighted by atomic mass is 9.85. The van der Waals surface area contributed by atoms with Crippen LogP contribution in [0.4, 0.5) is 5.69 Å². The SMILES string of the molecule is Cl.Nc1cc(CC2CCCCC2)ccc1S(N)(=O)=O. The smallest absolute Gasteiger partial charge is 0.240 e. The summed E-state index contributed by atoms with van der Waals surface area (Å²) >= 11 is 0. The Morgan fingerprint density at radius 1 is 1.16 bits per heavy atom. The minimum Gasteiger partial charge on any atom is -0.398 e. The highest BCUT2D eigenvalue weighted by molar-refractivity contribution is 7.89. The summed E-state index contributed by atoms with van der Waals surface area (Å²) < 4.78 is 22.5. The second-order valence-electron chi connectivity index (χ2n) is 5.13. The van der Waals surface area contributed by atoms with Crippen molar-refractivity contribution in [1.82, 2.24) is 0 Å². The summed E-state index contributed by atoms with van der Waals surface area (Å²) in [6.07, 6.45) is 7.44. The molecule has 0 aromatic heterocycles. The Morgan fingerprint density at radius 3 is 2.32 bits per heavy atom. The molecule has 0 saturated heterocycles. The number of sulfonamides is 1. The van der Waals surface area contributed by atoms with E-state index in [-0.39, 0.29) is 23.0 Å². The Balaban J connectivity index is 0.00000180. The molecule has 1 aliphatic carbocycles. The highest BCUT2D eigenvalue weighted by atomic mass is 35.5. The van der Waals surface area contributed by atoms with Crippen molar-refractivity contribution in [3.05, 3.63) is 23.8 Å². The van der Waals surface area contributed by atoms with Crippen LogP contribution in [0.25, 0.3) is 0 Å². The van der Waals surface area contributed by atoms with Crippen molar-refractivity contribution in [2.24, 2.45) is 11.1 Å². The third-order valence-corrected chi connectivity index (χ3v) is 4.61. The maximum absolute atomic E-state index is 11.3. The number of rotatable bonds is 3. The van der Waals surface area contributed by atoms with E-state index in [1.807, 2.05) is 6.07 Å². The fraction of sp³-hybridized carbons (Fsp3) is 0.538. The van der Waals surface area contributed by atoms with Gasteiger partial charge in [-0.2, -0.15) is 0 Å². The molecule has 0 bridgehead atoms. The van der Waals surface area contributed by atoms with E-state index in [0.29, 0.717) is 5.92 Å².